The molecule has 0 saturated heterocycles. The lowest BCUT2D eigenvalue weighted by Gasteiger charge is -2.12. The first-order chi connectivity index (χ1) is 10.4. The summed E-state index contributed by atoms with van der Waals surface area (Å²) in [6.45, 7) is 4.89. The third-order valence-electron chi connectivity index (χ3n) is 2.83. The predicted octanol–water partition coefficient (Wildman–Crippen LogP) is 1.97. The molecule has 2 aromatic heterocycles. The fraction of sp³-hybridized carbons (Fsp3) is 0.385. The molecule has 0 fully saturated rings. The van der Waals surface area contributed by atoms with Crippen molar-refractivity contribution in [3.8, 4) is 0 Å². The van der Waals surface area contributed by atoms with Gasteiger partial charge < -0.3 is 19.9 Å². The van der Waals surface area contributed by atoms with Crippen molar-refractivity contribution in [2.75, 3.05) is 17.7 Å². The number of ether oxygens (including phenoxy) is 1. The van der Waals surface area contributed by atoms with E-state index >= 15 is 0 Å². The normalized spacial score (nSPS) is 11.8. The summed E-state index contributed by atoms with van der Waals surface area (Å²) in [5.74, 6) is -0.253. The monoisotopic (exact) mass is 324 g/mol. The maximum Gasteiger partial charge on any atom is 0.343 e. The zero-order valence-corrected chi connectivity index (χ0v) is 13.4. The number of aryl methyl sites for hydroxylation is 2. The number of carbonyl (C=O) groups is 2. The van der Waals surface area contributed by atoms with Crippen LogP contribution in [0.25, 0.3) is 0 Å². The molecule has 0 aliphatic carbocycles. The Balaban J connectivity index is 2.01. The van der Waals surface area contributed by atoms with E-state index < -0.39 is 18.0 Å². The topological polar surface area (TPSA) is 106 Å². The van der Waals surface area contributed by atoms with Gasteiger partial charge in [0.05, 0.1) is 5.69 Å². The van der Waals surface area contributed by atoms with Crippen molar-refractivity contribution in [3.63, 3.8) is 0 Å². The van der Waals surface area contributed by atoms with Crippen molar-refractivity contribution < 1.29 is 18.8 Å². The molecule has 0 saturated carbocycles. The molecule has 2 aromatic rings. The van der Waals surface area contributed by atoms with Crippen molar-refractivity contribution in [3.05, 3.63) is 23.1 Å². The number of carbonyl (C=O) groups excluding carboxylic acids is 2. The molecule has 9 heteroatoms. The van der Waals surface area contributed by atoms with Crippen LogP contribution in [0.4, 0.5) is 10.8 Å². The van der Waals surface area contributed by atoms with Gasteiger partial charge in [0.15, 0.2) is 11.9 Å². The largest absolute Gasteiger partial charge is 0.449 e. The molecule has 0 bridgehead atoms. The van der Waals surface area contributed by atoms with Crippen LogP contribution in [-0.4, -0.2) is 34.6 Å². The maximum atomic E-state index is 12.2. The summed E-state index contributed by atoms with van der Waals surface area (Å²) in [6.07, 6.45) is -0.978. The summed E-state index contributed by atoms with van der Waals surface area (Å²) in [4.78, 5) is 24.1. The van der Waals surface area contributed by atoms with E-state index in [1.54, 1.807) is 27.0 Å². The van der Waals surface area contributed by atoms with Gasteiger partial charge >= 0.3 is 5.97 Å². The van der Waals surface area contributed by atoms with Gasteiger partial charge in [0.1, 0.15) is 16.3 Å². The second kappa shape index (κ2) is 6.56. The molecule has 0 radical (unpaired) electrons. The number of aromatic nitrogens is 2. The standard InChI is InChI=1S/C13H16N4O4S/c1-6-5-9(16-21-6)15-11(18)8(3)20-13(19)10-7(2)17-22-12(10)14-4/h5,8,14H,1-4H3,(H,15,16,18)/t8-/m0/s1. The molecule has 2 rings (SSSR count). The number of esters is 1. The zero-order chi connectivity index (χ0) is 16.3. The van der Waals surface area contributed by atoms with Crippen LogP contribution in [0.2, 0.25) is 0 Å². The quantitative estimate of drug-likeness (QED) is 0.810. The van der Waals surface area contributed by atoms with Crippen LogP contribution >= 0.6 is 11.5 Å². The van der Waals surface area contributed by atoms with Crippen LogP contribution in [0.3, 0.4) is 0 Å². The number of hydrogen-bond acceptors (Lipinski definition) is 8. The number of hydrogen-bond donors (Lipinski definition) is 2. The van der Waals surface area contributed by atoms with Crippen LogP contribution in [-0.2, 0) is 9.53 Å². The molecular weight excluding hydrogens is 308 g/mol. The number of anilines is 2. The Morgan fingerprint density at radius 1 is 1.41 bits per heavy atom. The Hall–Kier alpha value is -2.42. The first-order valence-electron chi connectivity index (χ1n) is 6.51. The number of nitrogens with zero attached hydrogens (tertiary/aromatic N) is 2. The summed E-state index contributed by atoms with van der Waals surface area (Å²) in [5.41, 5.74) is 0.892. The van der Waals surface area contributed by atoms with Crippen LogP contribution in [0, 0.1) is 13.8 Å². The average molecular weight is 324 g/mol. The van der Waals surface area contributed by atoms with Gasteiger partial charge in [0, 0.05) is 13.1 Å². The summed E-state index contributed by atoms with van der Waals surface area (Å²) in [5, 5.41) is 9.62. The lowest BCUT2D eigenvalue weighted by Crippen LogP contribution is -2.30. The molecule has 2 heterocycles. The Bertz CT molecular complexity index is 694. The first kappa shape index (κ1) is 16.0. The van der Waals surface area contributed by atoms with Crippen molar-refractivity contribution in [1.29, 1.82) is 0 Å². The smallest absolute Gasteiger partial charge is 0.343 e. The van der Waals surface area contributed by atoms with Crippen molar-refractivity contribution in [2.45, 2.75) is 26.9 Å². The van der Waals surface area contributed by atoms with E-state index in [0.29, 0.717) is 22.0 Å². The van der Waals surface area contributed by atoms with E-state index in [1.165, 1.54) is 6.92 Å². The third kappa shape index (κ3) is 3.42. The lowest BCUT2D eigenvalue weighted by atomic mass is 10.2. The summed E-state index contributed by atoms with van der Waals surface area (Å²) in [7, 11) is 1.69. The van der Waals surface area contributed by atoms with Crippen molar-refractivity contribution >= 4 is 34.2 Å². The molecule has 0 spiro atoms. The molecule has 118 valence electrons. The minimum Gasteiger partial charge on any atom is -0.449 e. The highest BCUT2D eigenvalue weighted by atomic mass is 32.1. The van der Waals surface area contributed by atoms with Crippen LogP contribution < -0.4 is 10.6 Å². The van der Waals surface area contributed by atoms with E-state index in [0.717, 1.165) is 11.5 Å². The SMILES string of the molecule is CNc1snc(C)c1C(=O)O[C@@H](C)C(=O)Nc1cc(C)on1. The van der Waals surface area contributed by atoms with E-state index in [4.69, 9.17) is 9.26 Å². The van der Waals surface area contributed by atoms with E-state index in [9.17, 15) is 9.59 Å². The van der Waals surface area contributed by atoms with Gasteiger partial charge in [0.2, 0.25) is 0 Å². The average Bonchev–Trinajstić information content (AvgIpc) is 3.04. The van der Waals surface area contributed by atoms with Gasteiger partial charge in [-0.05, 0) is 32.3 Å². The van der Waals surface area contributed by atoms with Crippen LogP contribution in [0.15, 0.2) is 10.6 Å². The molecule has 1 amide bonds. The van der Waals surface area contributed by atoms with E-state index in [-0.39, 0.29) is 5.82 Å². The Kier molecular flexibility index (Phi) is 4.76. The number of rotatable bonds is 5. The van der Waals surface area contributed by atoms with Crippen molar-refractivity contribution in [1.82, 2.24) is 9.53 Å². The highest BCUT2D eigenvalue weighted by Gasteiger charge is 2.24. The van der Waals surface area contributed by atoms with Gasteiger partial charge in [-0.3, -0.25) is 4.79 Å². The van der Waals surface area contributed by atoms with Gasteiger partial charge in [0.25, 0.3) is 5.91 Å². The summed E-state index contributed by atoms with van der Waals surface area (Å²) in [6, 6.07) is 1.57. The molecular formula is C13H16N4O4S. The molecule has 0 unspecified atom stereocenters. The molecule has 2 N–H and O–H groups in total. The fourth-order valence-electron chi connectivity index (χ4n) is 1.71. The molecule has 1 atom stereocenters. The fourth-order valence-corrected chi connectivity index (χ4v) is 2.44. The molecule has 8 nitrogen and oxygen atoms in total. The van der Waals surface area contributed by atoms with E-state index in [1.807, 2.05) is 0 Å². The molecule has 22 heavy (non-hydrogen) atoms. The Labute approximate surface area is 131 Å². The Morgan fingerprint density at radius 3 is 2.73 bits per heavy atom. The van der Waals surface area contributed by atoms with Crippen LogP contribution in [0.1, 0.15) is 28.7 Å². The summed E-state index contributed by atoms with van der Waals surface area (Å²) < 4.78 is 14.1. The maximum absolute atomic E-state index is 12.2. The van der Waals surface area contributed by atoms with Gasteiger partial charge in [-0.15, -0.1) is 0 Å². The second-order valence-corrected chi connectivity index (χ2v) is 5.36. The minimum atomic E-state index is -0.978. The minimum absolute atomic E-state index is 0.273. The predicted molar refractivity (Wildman–Crippen MR) is 81.1 cm³/mol. The lowest BCUT2D eigenvalue weighted by molar-refractivity contribution is -0.123. The second-order valence-electron chi connectivity index (χ2n) is 4.58. The van der Waals surface area contributed by atoms with Gasteiger partial charge in [-0.25, -0.2) is 4.79 Å². The Morgan fingerprint density at radius 2 is 2.14 bits per heavy atom. The molecule has 0 aliphatic rings. The first-order valence-corrected chi connectivity index (χ1v) is 7.29. The van der Waals surface area contributed by atoms with E-state index in [2.05, 4.69) is 20.2 Å². The number of nitrogens with one attached hydrogen (secondary N) is 2. The van der Waals surface area contributed by atoms with Gasteiger partial charge in [-0.1, -0.05) is 5.16 Å². The highest BCUT2D eigenvalue weighted by Crippen LogP contribution is 2.25. The van der Waals surface area contributed by atoms with Gasteiger partial charge in [-0.2, -0.15) is 4.37 Å². The molecule has 0 aliphatic heterocycles. The van der Waals surface area contributed by atoms with Crippen LogP contribution in [0.5, 0.6) is 0 Å². The number of amides is 1. The highest BCUT2D eigenvalue weighted by molar-refractivity contribution is 7.10. The van der Waals surface area contributed by atoms with Crippen molar-refractivity contribution in [2.24, 2.45) is 0 Å². The third-order valence-corrected chi connectivity index (χ3v) is 3.78. The molecule has 0 aromatic carbocycles. The summed E-state index contributed by atoms with van der Waals surface area (Å²) >= 11 is 1.16. The zero-order valence-electron chi connectivity index (χ0n) is 12.6.